The summed E-state index contributed by atoms with van der Waals surface area (Å²) in [7, 11) is 0. The number of nitriles is 1. The molecule has 0 amide bonds. The minimum Gasteiger partial charge on any atom is -0.396 e. The highest BCUT2D eigenvalue weighted by Gasteiger charge is 2.23. The van der Waals surface area contributed by atoms with E-state index in [1.54, 1.807) is 11.3 Å². The van der Waals surface area contributed by atoms with Crippen LogP contribution >= 0.6 is 22.7 Å². The lowest BCUT2D eigenvalue weighted by Crippen LogP contribution is -2.07. The van der Waals surface area contributed by atoms with E-state index >= 15 is 0 Å². The third-order valence-electron chi connectivity index (χ3n) is 4.02. The van der Waals surface area contributed by atoms with Crippen molar-refractivity contribution in [1.82, 2.24) is 4.98 Å². The molecule has 21 heavy (non-hydrogen) atoms. The Morgan fingerprint density at radius 3 is 2.90 bits per heavy atom. The Labute approximate surface area is 130 Å². The first-order valence-electron chi connectivity index (χ1n) is 6.97. The maximum Gasteiger partial charge on any atom is 0.130 e. The van der Waals surface area contributed by atoms with Gasteiger partial charge in [0.1, 0.15) is 15.8 Å². The molecule has 3 nitrogen and oxygen atoms in total. The van der Waals surface area contributed by atoms with Crippen LogP contribution in [0.2, 0.25) is 0 Å². The van der Waals surface area contributed by atoms with Crippen molar-refractivity contribution >= 4 is 38.6 Å². The zero-order valence-corrected chi connectivity index (χ0v) is 13.0. The summed E-state index contributed by atoms with van der Waals surface area (Å²) in [5, 5.41) is 12.3. The Bertz CT molecular complexity index is 869. The van der Waals surface area contributed by atoms with Gasteiger partial charge in [-0.2, -0.15) is 5.26 Å². The van der Waals surface area contributed by atoms with E-state index in [-0.39, 0.29) is 0 Å². The van der Waals surface area contributed by atoms with Crippen LogP contribution in [0.25, 0.3) is 20.7 Å². The summed E-state index contributed by atoms with van der Waals surface area (Å²) in [5.41, 5.74) is 10.6. The molecule has 3 aromatic heterocycles. The Morgan fingerprint density at radius 1 is 1.29 bits per heavy atom. The van der Waals surface area contributed by atoms with Gasteiger partial charge >= 0.3 is 0 Å². The Balaban J connectivity index is 2.16. The average molecular weight is 311 g/mol. The molecular weight excluding hydrogens is 298 g/mol. The zero-order valence-electron chi connectivity index (χ0n) is 11.3. The molecule has 0 saturated heterocycles. The number of hydrogen-bond donors (Lipinski definition) is 1. The number of thiophene rings is 2. The fraction of sp³-hybridized carbons (Fsp3) is 0.250. The third-order valence-corrected chi connectivity index (χ3v) is 5.91. The van der Waals surface area contributed by atoms with Gasteiger partial charge in [0.25, 0.3) is 0 Å². The second-order valence-electron chi connectivity index (χ2n) is 5.23. The standard InChI is InChI=1S/C16H13N3S2/c17-8-12-15(18)14-13(11-6-3-7-20-11)9-4-1-2-5-10(9)19-16(14)21-12/h3,6-7H,1-2,4-5,18H2. The molecule has 0 aromatic carbocycles. The Kier molecular flexibility index (Phi) is 2.95. The van der Waals surface area contributed by atoms with Gasteiger partial charge in [-0.3, -0.25) is 0 Å². The first-order chi connectivity index (χ1) is 10.3. The molecular formula is C16H13N3S2. The highest BCUT2D eigenvalue weighted by Crippen LogP contribution is 2.44. The van der Waals surface area contributed by atoms with Gasteiger partial charge in [-0.25, -0.2) is 4.98 Å². The molecule has 104 valence electrons. The molecule has 4 rings (SSSR count). The summed E-state index contributed by atoms with van der Waals surface area (Å²) >= 11 is 3.14. The van der Waals surface area contributed by atoms with E-state index in [1.807, 2.05) is 0 Å². The summed E-state index contributed by atoms with van der Waals surface area (Å²) in [6.07, 6.45) is 4.49. The van der Waals surface area contributed by atoms with E-state index in [0.717, 1.165) is 23.1 Å². The number of aromatic nitrogens is 1. The first kappa shape index (κ1) is 12.8. The maximum absolute atomic E-state index is 9.26. The summed E-state index contributed by atoms with van der Waals surface area (Å²) in [4.78, 5) is 7.53. The fourth-order valence-corrected chi connectivity index (χ4v) is 4.81. The van der Waals surface area contributed by atoms with Crippen LogP contribution in [0.4, 0.5) is 5.69 Å². The number of hydrogen-bond acceptors (Lipinski definition) is 5. The van der Waals surface area contributed by atoms with Crippen LogP contribution in [0.5, 0.6) is 0 Å². The number of nitrogens with zero attached hydrogens (tertiary/aromatic N) is 2. The molecule has 3 aromatic rings. The summed E-state index contributed by atoms with van der Waals surface area (Å²) in [6.45, 7) is 0. The Morgan fingerprint density at radius 2 is 2.14 bits per heavy atom. The molecule has 2 N–H and O–H groups in total. The van der Waals surface area contributed by atoms with Gasteiger partial charge in [0, 0.05) is 21.5 Å². The van der Waals surface area contributed by atoms with E-state index in [1.165, 1.54) is 45.9 Å². The van der Waals surface area contributed by atoms with Crippen LogP contribution in [0.3, 0.4) is 0 Å². The van der Waals surface area contributed by atoms with Gasteiger partial charge in [-0.05, 0) is 42.7 Å². The van der Waals surface area contributed by atoms with Gasteiger partial charge < -0.3 is 5.73 Å². The number of anilines is 1. The van der Waals surface area contributed by atoms with Gasteiger partial charge in [0.2, 0.25) is 0 Å². The number of aryl methyl sites for hydroxylation is 1. The predicted octanol–water partition coefficient (Wildman–Crippen LogP) is 4.36. The molecule has 0 saturated carbocycles. The lowest BCUT2D eigenvalue weighted by atomic mass is 9.90. The number of nitrogens with two attached hydrogens (primary N) is 1. The van der Waals surface area contributed by atoms with Crippen LogP contribution in [-0.4, -0.2) is 4.98 Å². The number of rotatable bonds is 1. The van der Waals surface area contributed by atoms with Crippen molar-refractivity contribution in [2.75, 3.05) is 5.73 Å². The average Bonchev–Trinajstić information content (AvgIpc) is 3.13. The highest BCUT2D eigenvalue weighted by molar-refractivity contribution is 7.20. The molecule has 1 aliphatic carbocycles. The molecule has 0 atom stereocenters. The second kappa shape index (κ2) is 4.83. The SMILES string of the molecule is N#Cc1sc2nc3c(c(-c4cccs4)c2c1N)CCCC3. The summed E-state index contributed by atoms with van der Waals surface area (Å²) in [5.74, 6) is 0. The molecule has 5 heteroatoms. The minimum absolute atomic E-state index is 0.581. The zero-order chi connectivity index (χ0) is 14.4. The lowest BCUT2D eigenvalue weighted by Gasteiger charge is -2.19. The molecule has 0 fully saturated rings. The van der Waals surface area contributed by atoms with Crippen molar-refractivity contribution in [3.8, 4) is 16.5 Å². The molecule has 0 bridgehead atoms. The maximum atomic E-state index is 9.26. The van der Waals surface area contributed by atoms with Crippen LogP contribution in [0.15, 0.2) is 17.5 Å². The van der Waals surface area contributed by atoms with Crippen LogP contribution in [0.1, 0.15) is 29.0 Å². The smallest absolute Gasteiger partial charge is 0.130 e. The highest BCUT2D eigenvalue weighted by atomic mass is 32.1. The molecule has 0 spiro atoms. The largest absolute Gasteiger partial charge is 0.396 e. The van der Waals surface area contributed by atoms with Crippen LogP contribution < -0.4 is 5.73 Å². The predicted molar refractivity (Wildman–Crippen MR) is 88.7 cm³/mol. The molecule has 3 heterocycles. The van der Waals surface area contributed by atoms with Gasteiger partial charge in [0.05, 0.1) is 5.69 Å². The second-order valence-corrected chi connectivity index (χ2v) is 7.18. The topological polar surface area (TPSA) is 62.7 Å². The number of fused-ring (bicyclic) bond motifs is 2. The summed E-state index contributed by atoms with van der Waals surface area (Å²) < 4.78 is 0. The van der Waals surface area contributed by atoms with Gasteiger partial charge in [-0.1, -0.05) is 6.07 Å². The third kappa shape index (κ3) is 1.87. The van der Waals surface area contributed by atoms with Crippen LogP contribution in [-0.2, 0) is 12.8 Å². The fourth-order valence-electron chi connectivity index (χ4n) is 3.08. The van der Waals surface area contributed by atoms with E-state index < -0.39 is 0 Å². The quantitative estimate of drug-likeness (QED) is 0.726. The first-order valence-corrected chi connectivity index (χ1v) is 8.67. The van der Waals surface area contributed by atoms with E-state index in [9.17, 15) is 5.26 Å². The van der Waals surface area contributed by atoms with E-state index in [4.69, 9.17) is 10.7 Å². The van der Waals surface area contributed by atoms with E-state index in [0.29, 0.717) is 10.6 Å². The molecule has 0 aliphatic heterocycles. The molecule has 0 radical (unpaired) electrons. The molecule has 0 unspecified atom stereocenters. The normalized spacial score (nSPS) is 14.0. The van der Waals surface area contributed by atoms with E-state index in [2.05, 4.69) is 23.6 Å². The van der Waals surface area contributed by atoms with Crippen molar-refractivity contribution in [2.24, 2.45) is 0 Å². The van der Waals surface area contributed by atoms with Crippen molar-refractivity contribution in [3.05, 3.63) is 33.6 Å². The van der Waals surface area contributed by atoms with Crippen molar-refractivity contribution in [3.63, 3.8) is 0 Å². The van der Waals surface area contributed by atoms with Crippen LogP contribution in [0, 0.1) is 11.3 Å². The number of pyridine rings is 1. The Hall–Kier alpha value is -1.90. The number of nitrogen functional groups attached to an aromatic ring is 1. The monoisotopic (exact) mass is 311 g/mol. The van der Waals surface area contributed by atoms with Gasteiger partial charge in [-0.15, -0.1) is 22.7 Å². The molecule has 1 aliphatic rings. The van der Waals surface area contributed by atoms with Crippen molar-refractivity contribution in [2.45, 2.75) is 25.7 Å². The summed E-state index contributed by atoms with van der Waals surface area (Å²) in [6, 6.07) is 6.41. The van der Waals surface area contributed by atoms with Crippen molar-refractivity contribution in [1.29, 1.82) is 5.26 Å². The van der Waals surface area contributed by atoms with Gasteiger partial charge in [0.15, 0.2) is 0 Å². The van der Waals surface area contributed by atoms with Crippen molar-refractivity contribution < 1.29 is 0 Å². The minimum atomic E-state index is 0.581. The lowest BCUT2D eigenvalue weighted by molar-refractivity contribution is 0.673.